The molecule has 1 atom stereocenters. The first-order valence-corrected chi connectivity index (χ1v) is 7.32. The standard InChI is InChI=1S/C15H22ClNO4/c1-4-20-13-8-10(11(16)9-14(13)21-5-2)12(17)6-7-15(18)19-3/h8-9,12H,4-7,17H2,1-3H3. The summed E-state index contributed by atoms with van der Waals surface area (Å²) in [5.74, 6) is 0.901. The van der Waals surface area contributed by atoms with E-state index in [9.17, 15) is 4.79 Å². The van der Waals surface area contributed by atoms with Crippen LogP contribution < -0.4 is 15.2 Å². The van der Waals surface area contributed by atoms with E-state index in [2.05, 4.69) is 4.74 Å². The topological polar surface area (TPSA) is 70.8 Å². The average Bonchev–Trinajstić information content (AvgIpc) is 2.47. The van der Waals surface area contributed by atoms with Crippen LogP contribution >= 0.6 is 11.6 Å². The lowest BCUT2D eigenvalue weighted by molar-refractivity contribution is -0.140. The van der Waals surface area contributed by atoms with Gasteiger partial charge in [-0.1, -0.05) is 11.6 Å². The third kappa shape index (κ3) is 5.10. The van der Waals surface area contributed by atoms with Crippen molar-refractivity contribution >= 4 is 17.6 Å². The SMILES string of the molecule is CCOc1cc(Cl)c(C(N)CCC(=O)OC)cc1OCC. The van der Waals surface area contributed by atoms with Crippen molar-refractivity contribution in [2.75, 3.05) is 20.3 Å². The van der Waals surface area contributed by atoms with Crippen molar-refractivity contribution in [1.29, 1.82) is 0 Å². The number of hydrogen-bond donors (Lipinski definition) is 1. The van der Waals surface area contributed by atoms with Crippen LogP contribution in [-0.2, 0) is 9.53 Å². The van der Waals surface area contributed by atoms with Gasteiger partial charge in [0.05, 0.1) is 20.3 Å². The number of rotatable bonds is 8. The average molecular weight is 316 g/mol. The number of esters is 1. The highest BCUT2D eigenvalue weighted by atomic mass is 35.5. The molecule has 0 amide bonds. The highest BCUT2D eigenvalue weighted by Crippen LogP contribution is 2.36. The Kier molecular flexibility index (Phi) is 7.32. The van der Waals surface area contributed by atoms with Crippen LogP contribution in [0.1, 0.15) is 38.3 Å². The van der Waals surface area contributed by atoms with Crippen molar-refractivity contribution in [2.24, 2.45) is 5.73 Å². The Balaban J connectivity index is 2.95. The van der Waals surface area contributed by atoms with Crippen molar-refractivity contribution in [3.63, 3.8) is 0 Å². The number of hydrogen-bond acceptors (Lipinski definition) is 5. The van der Waals surface area contributed by atoms with Crippen molar-refractivity contribution in [3.05, 3.63) is 22.7 Å². The molecule has 0 aliphatic heterocycles. The second-order valence-corrected chi connectivity index (χ2v) is 4.81. The fourth-order valence-electron chi connectivity index (χ4n) is 1.90. The molecule has 0 fully saturated rings. The molecule has 0 spiro atoms. The van der Waals surface area contributed by atoms with Crippen LogP contribution in [0.3, 0.4) is 0 Å². The first kappa shape index (κ1) is 17.6. The molecular weight excluding hydrogens is 294 g/mol. The van der Waals surface area contributed by atoms with Gasteiger partial charge in [0.2, 0.25) is 0 Å². The Hall–Kier alpha value is -1.46. The van der Waals surface area contributed by atoms with Gasteiger partial charge in [-0.2, -0.15) is 0 Å². The summed E-state index contributed by atoms with van der Waals surface area (Å²) < 4.78 is 15.7. The van der Waals surface area contributed by atoms with Crippen LogP contribution in [0.5, 0.6) is 11.5 Å². The summed E-state index contributed by atoms with van der Waals surface area (Å²) in [6.07, 6.45) is 0.692. The van der Waals surface area contributed by atoms with Crippen LogP contribution in [0.25, 0.3) is 0 Å². The van der Waals surface area contributed by atoms with E-state index in [1.807, 2.05) is 13.8 Å². The van der Waals surface area contributed by atoms with Crippen molar-refractivity contribution in [3.8, 4) is 11.5 Å². The minimum Gasteiger partial charge on any atom is -0.490 e. The van der Waals surface area contributed by atoms with Gasteiger partial charge in [0.1, 0.15) is 0 Å². The number of ether oxygens (including phenoxy) is 3. The fraction of sp³-hybridized carbons (Fsp3) is 0.533. The zero-order valence-corrected chi connectivity index (χ0v) is 13.4. The van der Waals surface area contributed by atoms with Gasteiger partial charge in [0.25, 0.3) is 0 Å². The Morgan fingerprint density at radius 2 is 1.81 bits per heavy atom. The second-order valence-electron chi connectivity index (χ2n) is 4.41. The Morgan fingerprint density at radius 3 is 2.33 bits per heavy atom. The molecule has 0 aliphatic rings. The first-order chi connectivity index (χ1) is 10.0. The second kappa shape index (κ2) is 8.74. The molecule has 0 radical (unpaired) electrons. The lowest BCUT2D eigenvalue weighted by Crippen LogP contribution is -2.14. The highest BCUT2D eigenvalue weighted by molar-refractivity contribution is 6.31. The molecule has 118 valence electrons. The number of nitrogens with two attached hydrogens (primary N) is 1. The maximum absolute atomic E-state index is 11.2. The van der Waals surface area contributed by atoms with Crippen LogP contribution in [0.2, 0.25) is 5.02 Å². The van der Waals surface area contributed by atoms with Crippen LogP contribution in [0.15, 0.2) is 12.1 Å². The van der Waals surface area contributed by atoms with Gasteiger partial charge in [-0.15, -0.1) is 0 Å². The van der Waals surface area contributed by atoms with Gasteiger partial charge >= 0.3 is 5.97 Å². The minimum absolute atomic E-state index is 0.241. The number of carbonyl (C=O) groups is 1. The molecule has 0 saturated carbocycles. The molecule has 5 nitrogen and oxygen atoms in total. The molecule has 1 aromatic rings. The number of benzene rings is 1. The molecule has 0 aliphatic carbocycles. The summed E-state index contributed by atoms with van der Waals surface area (Å²) in [5.41, 5.74) is 6.83. The summed E-state index contributed by atoms with van der Waals surface area (Å²) in [6.45, 7) is 4.81. The summed E-state index contributed by atoms with van der Waals surface area (Å²) in [4.78, 5) is 11.2. The monoisotopic (exact) mass is 315 g/mol. The van der Waals surface area contributed by atoms with Gasteiger partial charge in [-0.3, -0.25) is 4.79 Å². The Bertz CT molecular complexity index is 479. The van der Waals surface area contributed by atoms with E-state index in [0.29, 0.717) is 36.2 Å². The molecular formula is C15H22ClNO4. The highest BCUT2D eigenvalue weighted by Gasteiger charge is 2.17. The molecule has 0 heterocycles. The number of carbonyl (C=O) groups excluding carboxylic acids is 1. The zero-order valence-electron chi connectivity index (χ0n) is 12.6. The lowest BCUT2D eigenvalue weighted by Gasteiger charge is -2.17. The molecule has 2 N–H and O–H groups in total. The van der Waals surface area contributed by atoms with Crippen LogP contribution in [0.4, 0.5) is 0 Å². The molecule has 6 heteroatoms. The predicted molar refractivity (Wildman–Crippen MR) is 82.0 cm³/mol. The smallest absolute Gasteiger partial charge is 0.305 e. The van der Waals surface area contributed by atoms with Gasteiger partial charge < -0.3 is 19.9 Å². The fourth-order valence-corrected chi connectivity index (χ4v) is 2.20. The largest absolute Gasteiger partial charge is 0.490 e. The maximum atomic E-state index is 11.2. The van der Waals surface area contributed by atoms with E-state index in [1.165, 1.54) is 7.11 Å². The Labute approximate surface area is 130 Å². The third-order valence-electron chi connectivity index (χ3n) is 2.95. The van der Waals surface area contributed by atoms with E-state index in [0.717, 1.165) is 5.56 Å². The van der Waals surface area contributed by atoms with E-state index in [-0.39, 0.29) is 18.4 Å². The minimum atomic E-state index is -0.369. The summed E-state index contributed by atoms with van der Waals surface area (Å²) in [5, 5.41) is 0.499. The summed E-state index contributed by atoms with van der Waals surface area (Å²) in [7, 11) is 1.35. The molecule has 0 saturated heterocycles. The quantitative estimate of drug-likeness (QED) is 0.746. The molecule has 0 bridgehead atoms. The van der Waals surface area contributed by atoms with E-state index < -0.39 is 0 Å². The molecule has 1 unspecified atom stereocenters. The van der Waals surface area contributed by atoms with Gasteiger partial charge in [0.15, 0.2) is 11.5 Å². The van der Waals surface area contributed by atoms with E-state index in [4.69, 9.17) is 26.8 Å². The van der Waals surface area contributed by atoms with Crippen molar-refractivity contribution < 1.29 is 19.0 Å². The molecule has 1 rings (SSSR count). The maximum Gasteiger partial charge on any atom is 0.305 e. The first-order valence-electron chi connectivity index (χ1n) is 6.94. The van der Waals surface area contributed by atoms with Crippen LogP contribution in [-0.4, -0.2) is 26.3 Å². The number of methoxy groups -OCH3 is 1. The lowest BCUT2D eigenvalue weighted by atomic mass is 10.0. The molecule has 0 aromatic heterocycles. The van der Waals surface area contributed by atoms with Gasteiger partial charge in [-0.05, 0) is 31.9 Å². The van der Waals surface area contributed by atoms with Crippen molar-refractivity contribution in [2.45, 2.75) is 32.7 Å². The third-order valence-corrected chi connectivity index (χ3v) is 3.28. The number of halogens is 1. The van der Waals surface area contributed by atoms with Gasteiger partial charge in [0, 0.05) is 23.6 Å². The molecule has 21 heavy (non-hydrogen) atoms. The Morgan fingerprint density at radius 1 is 1.24 bits per heavy atom. The van der Waals surface area contributed by atoms with E-state index >= 15 is 0 Å². The normalized spacial score (nSPS) is 11.9. The van der Waals surface area contributed by atoms with Crippen LogP contribution in [0, 0.1) is 0 Å². The van der Waals surface area contributed by atoms with Gasteiger partial charge in [-0.25, -0.2) is 0 Å². The molecule has 1 aromatic carbocycles. The zero-order chi connectivity index (χ0) is 15.8. The predicted octanol–water partition coefficient (Wildman–Crippen LogP) is 3.09. The van der Waals surface area contributed by atoms with Crippen molar-refractivity contribution in [1.82, 2.24) is 0 Å². The summed E-state index contributed by atoms with van der Waals surface area (Å²) >= 11 is 6.25. The summed E-state index contributed by atoms with van der Waals surface area (Å²) in [6, 6.07) is 3.11. The van der Waals surface area contributed by atoms with E-state index in [1.54, 1.807) is 12.1 Å².